The Kier molecular flexibility index (Phi) is 4.61. The average molecular weight is 214 g/mol. The fourth-order valence-electron chi connectivity index (χ4n) is 1.90. The fourth-order valence-corrected chi connectivity index (χ4v) is 3.12. The number of hydrogen-bond donors (Lipinski definition) is 0. The minimum Gasteiger partial charge on any atom is -0.304 e. The molecule has 1 aliphatic rings. The maximum Gasteiger partial charge on any atom is 0.0443 e. The Balaban J connectivity index is 2.08. The van der Waals surface area contributed by atoms with Crippen LogP contribution in [0.4, 0.5) is 0 Å². The molecule has 1 heterocycles. The molecule has 1 saturated heterocycles. The molecule has 0 aromatic rings. The van der Waals surface area contributed by atoms with Crippen molar-refractivity contribution < 1.29 is 0 Å². The number of hydrogen-bond acceptors (Lipinski definition) is 2. The molecule has 0 bridgehead atoms. The van der Waals surface area contributed by atoms with E-state index in [1.54, 1.807) is 0 Å². The third-order valence-corrected chi connectivity index (χ3v) is 4.85. The van der Waals surface area contributed by atoms with Crippen molar-refractivity contribution in [2.45, 2.75) is 32.1 Å². The average Bonchev–Trinajstić information content (AvgIpc) is 2.06. The second-order valence-electron chi connectivity index (χ2n) is 5.81. The molecule has 1 fully saturated rings. The lowest BCUT2D eigenvalue weighted by atomic mass is 10.3. The molecule has 0 unspecified atom stereocenters. The highest BCUT2D eigenvalue weighted by molar-refractivity contribution is 6.76. The molecule has 0 aliphatic carbocycles. The normalized spacial score (nSPS) is 21.4. The van der Waals surface area contributed by atoms with Crippen molar-refractivity contribution in [2.75, 3.05) is 39.8 Å². The highest BCUT2D eigenvalue weighted by Gasteiger charge is 2.16. The van der Waals surface area contributed by atoms with Gasteiger partial charge in [0.2, 0.25) is 0 Å². The van der Waals surface area contributed by atoms with Crippen molar-refractivity contribution in [3.05, 3.63) is 0 Å². The zero-order valence-electron chi connectivity index (χ0n) is 10.3. The molecular weight excluding hydrogens is 188 g/mol. The molecule has 1 rings (SSSR count). The molecule has 0 aromatic carbocycles. The number of piperazine rings is 1. The molecule has 84 valence electrons. The predicted octanol–water partition coefficient (Wildman–Crippen LogP) is 1.96. The monoisotopic (exact) mass is 214 g/mol. The van der Waals surface area contributed by atoms with Crippen LogP contribution in [0, 0.1) is 0 Å². The zero-order valence-corrected chi connectivity index (χ0v) is 11.3. The van der Waals surface area contributed by atoms with Gasteiger partial charge in [0.25, 0.3) is 0 Å². The minimum absolute atomic E-state index is 0.792. The molecule has 0 atom stereocenters. The van der Waals surface area contributed by atoms with Gasteiger partial charge in [-0.15, -0.1) is 0 Å². The Morgan fingerprint density at radius 3 is 2.07 bits per heavy atom. The summed E-state index contributed by atoms with van der Waals surface area (Å²) in [5.41, 5.74) is 0. The summed E-state index contributed by atoms with van der Waals surface area (Å²) in [7, 11) is 1.43. The van der Waals surface area contributed by atoms with Gasteiger partial charge in [-0.1, -0.05) is 25.7 Å². The largest absolute Gasteiger partial charge is 0.304 e. The van der Waals surface area contributed by atoms with Crippen LogP contribution in [0.25, 0.3) is 0 Å². The van der Waals surface area contributed by atoms with E-state index in [1.165, 1.54) is 45.2 Å². The van der Waals surface area contributed by atoms with Gasteiger partial charge >= 0.3 is 0 Å². The lowest BCUT2D eigenvalue weighted by Gasteiger charge is -2.32. The van der Waals surface area contributed by atoms with Crippen molar-refractivity contribution in [1.82, 2.24) is 9.80 Å². The van der Waals surface area contributed by atoms with Crippen molar-refractivity contribution >= 4 is 8.07 Å². The van der Waals surface area contributed by atoms with Crippen LogP contribution in [0.3, 0.4) is 0 Å². The van der Waals surface area contributed by atoms with Crippen LogP contribution in [-0.4, -0.2) is 57.6 Å². The first-order chi connectivity index (χ1) is 6.47. The lowest BCUT2D eigenvalue weighted by Crippen LogP contribution is -2.44. The summed E-state index contributed by atoms with van der Waals surface area (Å²) >= 11 is 0. The molecule has 14 heavy (non-hydrogen) atoms. The molecule has 0 aromatic heterocycles. The number of rotatable bonds is 4. The maximum absolute atomic E-state index is 2.63. The quantitative estimate of drug-likeness (QED) is 0.660. The Morgan fingerprint density at radius 1 is 1.00 bits per heavy atom. The van der Waals surface area contributed by atoms with Crippen LogP contribution in [-0.2, 0) is 0 Å². The summed E-state index contributed by atoms with van der Waals surface area (Å²) in [5.74, 6) is 0. The summed E-state index contributed by atoms with van der Waals surface area (Å²) in [6.45, 7) is 13.8. The lowest BCUT2D eigenvalue weighted by molar-refractivity contribution is 0.154. The Hall–Kier alpha value is 0.137. The van der Waals surface area contributed by atoms with Crippen LogP contribution in [0.5, 0.6) is 0 Å². The van der Waals surface area contributed by atoms with Gasteiger partial charge in [0.1, 0.15) is 0 Å². The van der Waals surface area contributed by atoms with E-state index in [0.717, 1.165) is 0 Å². The highest BCUT2D eigenvalue weighted by atomic mass is 28.3. The van der Waals surface area contributed by atoms with Crippen LogP contribution < -0.4 is 0 Å². The number of likely N-dealkylation sites (N-methyl/N-ethyl adjacent to an activating group) is 1. The van der Waals surface area contributed by atoms with Crippen molar-refractivity contribution in [1.29, 1.82) is 0 Å². The number of nitrogens with zero attached hydrogens (tertiary/aromatic N) is 2. The van der Waals surface area contributed by atoms with Gasteiger partial charge in [0, 0.05) is 34.3 Å². The van der Waals surface area contributed by atoms with Crippen LogP contribution >= 0.6 is 0 Å². The van der Waals surface area contributed by atoms with Gasteiger partial charge < -0.3 is 9.80 Å². The van der Waals surface area contributed by atoms with Gasteiger partial charge in [0.15, 0.2) is 0 Å². The van der Waals surface area contributed by atoms with E-state index >= 15 is 0 Å². The van der Waals surface area contributed by atoms with E-state index in [4.69, 9.17) is 0 Å². The van der Waals surface area contributed by atoms with Gasteiger partial charge in [-0.2, -0.15) is 0 Å². The SMILES string of the molecule is CN1CCN(CCC[Si](C)(C)C)CC1. The van der Waals surface area contributed by atoms with Crippen LogP contribution in [0.1, 0.15) is 6.42 Å². The van der Waals surface area contributed by atoms with E-state index in [-0.39, 0.29) is 0 Å². The molecule has 0 radical (unpaired) electrons. The second-order valence-corrected chi connectivity index (χ2v) is 11.4. The molecule has 0 spiro atoms. The second kappa shape index (κ2) is 5.28. The Bertz CT molecular complexity index is 157. The first-order valence-corrected chi connectivity index (χ1v) is 9.59. The van der Waals surface area contributed by atoms with Crippen molar-refractivity contribution in [3.8, 4) is 0 Å². The molecule has 0 N–H and O–H groups in total. The summed E-state index contributed by atoms with van der Waals surface area (Å²) in [6, 6.07) is 1.49. The van der Waals surface area contributed by atoms with Gasteiger partial charge in [-0.05, 0) is 20.0 Å². The van der Waals surface area contributed by atoms with E-state index in [0.29, 0.717) is 0 Å². The van der Waals surface area contributed by atoms with Crippen LogP contribution in [0.15, 0.2) is 0 Å². The van der Waals surface area contributed by atoms with Gasteiger partial charge in [-0.25, -0.2) is 0 Å². The molecule has 1 aliphatic heterocycles. The molecular formula is C11H26N2Si. The Morgan fingerprint density at radius 2 is 1.57 bits per heavy atom. The predicted molar refractivity (Wildman–Crippen MR) is 66.7 cm³/mol. The zero-order chi connectivity index (χ0) is 10.6. The first kappa shape index (κ1) is 12.2. The molecule has 0 amide bonds. The van der Waals surface area contributed by atoms with E-state index in [2.05, 4.69) is 36.5 Å². The third kappa shape index (κ3) is 5.13. The van der Waals surface area contributed by atoms with Crippen molar-refractivity contribution in [3.63, 3.8) is 0 Å². The topological polar surface area (TPSA) is 6.48 Å². The van der Waals surface area contributed by atoms with Gasteiger partial charge in [-0.3, -0.25) is 0 Å². The van der Waals surface area contributed by atoms with Crippen molar-refractivity contribution in [2.24, 2.45) is 0 Å². The van der Waals surface area contributed by atoms with E-state index in [1.807, 2.05) is 0 Å². The summed E-state index contributed by atoms with van der Waals surface area (Å²) in [6.07, 6.45) is 1.42. The van der Waals surface area contributed by atoms with Gasteiger partial charge in [0.05, 0.1) is 0 Å². The molecule has 3 heteroatoms. The van der Waals surface area contributed by atoms with E-state index < -0.39 is 8.07 Å². The minimum atomic E-state index is -0.792. The maximum atomic E-state index is 2.63. The first-order valence-electron chi connectivity index (χ1n) is 5.88. The third-order valence-electron chi connectivity index (χ3n) is 3.00. The summed E-state index contributed by atoms with van der Waals surface area (Å²) < 4.78 is 0. The standard InChI is InChI=1S/C11H26N2Si/c1-12-7-9-13(10-8-12)6-5-11-14(2,3)4/h5-11H2,1-4H3. The molecule has 2 nitrogen and oxygen atoms in total. The summed E-state index contributed by atoms with van der Waals surface area (Å²) in [5, 5.41) is 0. The highest BCUT2D eigenvalue weighted by Crippen LogP contribution is 2.12. The van der Waals surface area contributed by atoms with E-state index in [9.17, 15) is 0 Å². The van der Waals surface area contributed by atoms with Crippen LogP contribution in [0.2, 0.25) is 25.7 Å². The smallest absolute Gasteiger partial charge is 0.0443 e. The Labute approximate surface area is 90.3 Å². The fraction of sp³-hybridized carbons (Fsp3) is 1.00. The summed E-state index contributed by atoms with van der Waals surface area (Å²) in [4.78, 5) is 5.05. The molecule has 0 saturated carbocycles.